The summed E-state index contributed by atoms with van der Waals surface area (Å²) in [6.07, 6.45) is 2.64. The molecule has 1 saturated heterocycles. The lowest BCUT2D eigenvalue weighted by atomic mass is 9.89. The number of hydrogen-bond donors (Lipinski definition) is 1. The number of hydrogen-bond acceptors (Lipinski definition) is 5. The number of thiazole rings is 1. The van der Waals surface area contributed by atoms with Crippen LogP contribution in [0.5, 0.6) is 0 Å². The van der Waals surface area contributed by atoms with Crippen molar-refractivity contribution in [1.82, 2.24) is 10.3 Å². The van der Waals surface area contributed by atoms with Crippen molar-refractivity contribution < 1.29 is 9.59 Å². The first-order valence-corrected chi connectivity index (χ1v) is 9.84. The van der Waals surface area contributed by atoms with Crippen molar-refractivity contribution in [3.05, 3.63) is 40.9 Å². The van der Waals surface area contributed by atoms with Gasteiger partial charge in [-0.2, -0.15) is 0 Å². The van der Waals surface area contributed by atoms with E-state index in [2.05, 4.69) is 15.2 Å². The smallest absolute Gasteiger partial charge is 0.228 e. The summed E-state index contributed by atoms with van der Waals surface area (Å²) in [4.78, 5) is 33.5. The van der Waals surface area contributed by atoms with Gasteiger partial charge in [0.05, 0.1) is 18.2 Å². The molecule has 26 heavy (non-hydrogen) atoms. The minimum Gasteiger partial charge on any atom is -0.350 e. The summed E-state index contributed by atoms with van der Waals surface area (Å²) in [6, 6.07) is 7.61. The van der Waals surface area contributed by atoms with E-state index >= 15 is 0 Å². The fourth-order valence-corrected chi connectivity index (χ4v) is 4.49. The molecule has 0 bridgehead atoms. The van der Waals surface area contributed by atoms with Crippen LogP contribution in [-0.4, -0.2) is 36.9 Å². The van der Waals surface area contributed by atoms with Crippen LogP contribution in [0.2, 0.25) is 0 Å². The number of anilines is 2. The Labute approximate surface area is 156 Å². The van der Waals surface area contributed by atoms with Crippen LogP contribution < -0.4 is 15.1 Å². The van der Waals surface area contributed by atoms with E-state index < -0.39 is 5.92 Å². The van der Waals surface area contributed by atoms with Crippen molar-refractivity contribution in [2.75, 3.05) is 29.9 Å². The Morgan fingerprint density at radius 3 is 2.88 bits per heavy atom. The number of benzene rings is 1. The van der Waals surface area contributed by atoms with E-state index in [-0.39, 0.29) is 18.2 Å². The number of carbonyl (C=O) groups is 2. The summed E-state index contributed by atoms with van der Waals surface area (Å²) in [7, 11) is 1.75. The molecule has 7 heteroatoms. The third-order valence-electron chi connectivity index (χ3n) is 5.10. The second-order valence-electron chi connectivity index (χ2n) is 6.80. The van der Waals surface area contributed by atoms with Gasteiger partial charge in [0.1, 0.15) is 0 Å². The summed E-state index contributed by atoms with van der Waals surface area (Å²) < 4.78 is 0. The summed E-state index contributed by atoms with van der Waals surface area (Å²) >= 11 is 1.63. The maximum atomic E-state index is 12.7. The Morgan fingerprint density at radius 1 is 1.31 bits per heavy atom. The van der Waals surface area contributed by atoms with E-state index in [4.69, 9.17) is 0 Å². The van der Waals surface area contributed by atoms with Gasteiger partial charge in [-0.15, -0.1) is 11.3 Å². The SMILES string of the molecule is CN1C(=O)C[C@@H](C(=O)NCc2csc(N3CCCC3)n2)c2ccccc21. The van der Waals surface area contributed by atoms with Gasteiger partial charge >= 0.3 is 0 Å². The van der Waals surface area contributed by atoms with Crippen molar-refractivity contribution in [3.8, 4) is 0 Å². The fourth-order valence-electron chi connectivity index (χ4n) is 3.61. The molecule has 2 aliphatic heterocycles. The largest absolute Gasteiger partial charge is 0.350 e. The first-order chi connectivity index (χ1) is 12.6. The molecule has 1 N–H and O–H groups in total. The van der Waals surface area contributed by atoms with Crippen LogP contribution in [0.1, 0.15) is 36.4 Å². The molecule has 0 radical (unpaired) electrons. The van der Waals surface area contributed by atoms with E-state index in [1.165, 1.54) is 12.8 Å². The van der Waals surface area contributed by atoms with Crippen molar-refractivity contribution in [1.29, 1.82) is 0 Å². The fraction of sp³-hybridized carbons (Fsp3) is 0.421. The lowest BCUT2D eigenvalue weighted by Gasteiger charge is -2.30. The molecule has 1 aromatic heterocycles. The number of nitrogens with one attached hydrogen (secondary N) is 1. The molecular weight excluding hydrogens is 348 g/mol. The van der Waals surface area contributed by atoms with Gasteiger partial charge in [-0.1, -0.05) is 18.2 Å². The second kappa shape index (κ2) is 7.07. The van der Waals surface area contributed by atoms with Gasteiger partial charge in [0.25, 0.3) is 0 Å². The zero-order valence-corrected chi connectivity index (χ0v) is 15.6. The van der Waals surface area contributed by atoms with E-state index in [1.54, 1.807) is 23.3 Å². The molecule has 0 aliphatic carbocycles. The van der Waals surface area contributed by atoms with Gasteiger partial charge < -0.3 is 15.1 Å². The average molecular weight is 370 g/mol. The minimum atomic E-state index is -0.438. The van der Waals surface area contributed by atoms with Gasteiger partial charge in [0.2, 0.25) is 11.8 Å². The summed E-state index contributed by atoms with van der Waals surface area (Å²) in [5, 5.41) is 6.00. The number of rotatable bonds is 4. The Morgan fingerprint density at radius 2 is 2.08 bits per heavy atom. The number of carbonyl (C=O) groups excluding carboxylic acids is 2. The monoisotopic (exact) mass is 370 g/mol. The standard InChI is InChI=1S/C19H22N4O2S/c1-22-16-7-3-2-6-14(16)15(10-17(22)24)18(25)20-11-13-12-26-19(21-13)23-8-4-5-9-23/h2-3,6-7,12,15H,4-5,8-11H2,1H3,(H,20,25)/t15-/m1/s1. The van der Waals surface area contributed by atoms with Crippen LogP contribution in [-0.2, 0) is 16.1 Å². The predicted molar refractivity (Wildman–Crippen MR) is 103 cm³/mol. The molecule has 1 aromatic carbocycles. The first-order valence-electron chi connectivity index (χ1n) is 8.96. The summed E-state index contributed by atoms with van der Waals surface area (Å²) in [5.41, 5.74) is 2.59. The number of amides is 2. The third-order valence-corrected chi connectivity index (χ3v) is 6.05. The maximum absolute atomic E-state index is 12.7. The highest BCUT2D eigenvalue weighted by atomic mass is 32.1. The Bertz CT molecular complexity index is 828. The Kier molecular flexibility index (Phi) is 4.63. The van der Waals surface area contributed by atoms with Crippen LogP contribution >= 0.6 is 11.3 Å². The van der Waals surface area contributed by atoms with E-state index in [1.807, 2.05) is 29.6 Å². The molecule has 3 heterocycles. The molecule has 136 valence electrons. The number of fused-ring (bicyclic) bond motifs is 1. The van der Waals surface area contributed by atoms with E-state index in [0.717, 1.165) is 35.2 Å². The first kappa shape index (κ1) is 17.0. The maximum Gasteiger partial charge on any atom is 0.228 e. The van der Waals surface area contributed by atoms with Crippen LogP contribution in [0.4, 0.5) is 10.8 Å². The minimum absolute atomic E-state index is 0.0335. The molecule has 1 fully saturated rings. The molecule has 2 aliphatic rings. The topological polar surface area (TPSA) is 65.5 Å². The van der Waals surface area contributed by atoms with Crippen molar-refractivity contribution in [2.45, 2.75) is 31.7 Å². The molecule has 0 saturated carbocycles. The number of para-hydroxylation sites is 1. The van der Waals surface area contributed by atoms with Crippen molar-refractivity contribution in [2.24, 2.45) is 0 Å². The van der Waals surface area contributed by atoms with Gasteiger partial charge in [0, 0.05) is 37.6 Å². The van der Waals surface area contributed by atoms with E-state index in [9.17, 15) is 9.59 Å². The molecule has 0 spiro atoms. The highest BCUT2D eigenvalue weighted by molar-refractivity contribution is 7.13. The molecular formula is C19H22N4O2S. The average Bonchev–Trinajstić information content (AvgIpc) is 3.34. The zero-order chi connectivity index (χ0) is 18.1. The molecule has 2 amide bonds. The van der Waals surface area contributed by atoms with Crippen LogP contribution in [0, 0.1) is 0 Å². The molecule has 4 rings (SSSR count). The van der Waals surface area contributed by atoms with Crippen LogP contribution in [0.25, 0.3) is 0 Å². The number of nitrogens with zero attached hydrogens (tertiary/aromatic N) is 3. The second-order valence-corrected chi connectivity index (χ2v) is 7.64. The van der Waals surface area contributed by atoms with Crippen LogP contribution in [0.15, 0.2) is 29.6 Å². The highest BCUT2D eigenvalue weighted by Gasteiger charge is 2.33. The predicted octanol–water partition coefficient (Wildman–Crippen LogP) is 2.51. The van der Waals surface area contributed by atoms with Crippen LogP contribution in [0.3, 0.4) is 0 Å². The molecule has 6 nitrogen and oxygen atoms in total. The number of aromatic nitrogens is 1. The molecule has 2 aromatic rings. The summed E-state index contributed by atoms with van der Waals surface area (Å²) in [6.45, 7) is 2.52. The van der Waals surface area contributed by atoms with Gasteiger partial charge in [-0.05, 0) is 24.5 Å². The van der Waals surface area contributed by atoms with Gasteiger partial charge in [-0.25, -0.2) is 4.98 Å². The lowest BCUT2D eigenvalue weighted by molar-refractivity contribution is -0.127. The third kappa shape index (κ3) is 3.19. The Hall–Kier alpha value is -2.41. The highest BCUT2D eigenvalue weighted by Crippen LogP contribution is 2.35. The normalized spacial score (nSPS) is 19.6. The Balaban J connectivity index is 1.44. The molecule has 1 atom stereocenters. The van der Waals surface area contributed by atoms with Crippen molar-refractivity contribution >= 4 is 34.0 Å². The van der Waals surface area contributed by atoms with Crippen molar-refractivity contribution in [3.63, 3.8) is 0 Å². The lowest BCUT2D eigenvalue weighted by Crippen LogP contribution is -2.39. The van der Waals surface area contributed by atoms with Gasteiger partial charge in [-0.3, -0.25) is 9.59 Å². The van der Waals surface area contributed by atoms with Gasteiger partial charge in [0.15, 0.2) is 5.13 Å². The molecule has 0 unspecified atom stereocenters. The van der Waals surface area contributed by atoms with E-state index in [0.29, 0.717) is 6.54 Å². The summed E-state index contributed by atoms with van der Waals surface area (Å²) in [5.74, 6) is -0.588. The zero-order valence-electron chi connectivity index (χ0n) is 14.8. The quantitative estimate of drug-likeness (QED) is 0.898.